The first-order valence-electron chi connectivity index (χ1n) is 8.13. The zero-order valence-corrected chi connectivity index (χ0v) is 13.0. The molecule has 0 unspecified atom stereocenters. The molecule has 1 aromatic heterocycles. The van der Waals surface area contributed by atoms with Crippen LogP contribution in [0.1, 0.15) is 18.4 Å². The van der Waals surface area contributed by atoms with Gasteiger partial charge >= 0.3 is 0 Å². The minimum atomic E-state index is -0.694. The summed E-state index contributed by atoms with van der Waals surface area (Å²) in [7, 11) is 0. The number of aromatic nitrogens is 1. The van der Waals surface area contributed by atoms with Gasteiger partial charge in [-0.05, 0) is 42.4 Å². The number of hydrogen-bond acceptors (Lipinski definition) is 3. The molecule has 2 N–H and O–H groups in total. The summed E-state index contributed by atoms with van der Waals surface area (Å²) in [6, 6.07) is 16.6. The van der Waals surface area contributed by atoms with Crippen molar-refractivity contribution in [1.82, 2.24) is 10.3 Å². The van der Waals surface area contributed by atoms with Crippen molar-refractivity contribution in [3.05, 3.63) is 66.5 Å². The topological polar surface area (TPSA) is 45.2 Å². The number of aliphatic hydroxyl groups is 1. The van der Waals surface area contributed by atoms with E-state index in [0.717, 1.165) is 48.0 Å². The van der Waals surface area contributed by atoms with E-state index in [1.807, 2.05) is 18.5 Å². The molecule has 2 heterocycles. The van der Waals surface area contributed by atoms with Gasteiger partial charge in [0.2, 0.25) is 0 Å². The first-order valence-corrected chi connectivity index (χ1v) is 8.13. The van der Waals surface area contributed by atoms with Crippen LogP contribution in [0.15, 0.2) is 60.9 Å². The molecule has 3 heteroatoms. The maximum atomic E-state index is 10.8. The van der Waals surface area contributed by atoms with Crippen LogP contribution < -0.4 is 5.32 Å². The molecule has 1 aliphatic heterocycles. The summed E-state index contributed by atoms with van der Waals surface area (Å²) in [5.41, 5.74) is 2.58. The van der Waals surface area contributed by atoms with E-state index >= 15 is 0 Å². The molecule has 0 aliphatic carbocycles. The number of benzene rings is 2. The van der Waals surface area contributed by atoms with Crippen molar-refractivity contribution in [1.29, 1.82) is 0 Å². The van der Waals surface area contributed by atoms with Crippen LogP contribution in [0, 0.1) is 0 Å². The van der Waals surface area contributed by atoms with E-state index in [4.69, 9.17) is 0 Å². The Hall–Kier alpha value is -2.23. The first kappa shape index (κ1) is 14.4. The van der Waals surface area contributed by atoms with Crippen molar-refractivity contribution in [2.24, 2.45) is 0 Å². The molecule has 0 bridgehead atoms. The van der Waals surface area contributed by atoms with Gasteiger partial charge < -0.3 is 10.4 Å². The van der Waals surface area contributed by atoms with E-state index in [1.54, 1.807) is 0 Å². The molecule has 23 heavy (non-hydrogen) atoms. The lowest BCUT2D eigenvalue weighted by atomic mass is 9.84. The highest BCUT2D eigenvalue weighted by Crippen LogP contribution is 2.33. The number of rotatable bonds is 2. The standard InChI is InChI=1S/C20H20N2O/c23-20(9-11-21-12-10-20)17-7-5-15(6-8-17)19-14-22-13-16-3-1-2-4-18(16)19/h1-8,13-14,21,23H,9-12H2. The third-order valence-electron chi connectivity index (χ3n) is 4.83. The number of piperidine rings is 1. The van der Waals surface area contributed by atoms with Crippen LogP contribution in [-0.4, -0.2) is 23.2 Å². The van der Waals surface area contributed by atoms with Crippen molar-refractivity contribution < 1.29 is 5.11 Å². The summed E-state index contributed by atoms with van der Waals surface area (Å²) in [4.78, 5) is 4.36. The molecule has 0 spiro atoms. The molecule has 1 fully saturated rings. The zero-order chi connectivity index (χ0) is 15.7. The molecule has 0 amide bonds. The summed E-state index contributed by atoms with van der Waals surface area (Å²) in [6.07, 6.45) is 5.34. The summed E-state index contributed by atoms with van der Waals surface area (Å²) >= 11 is 0. The fraction of sp³-hybridized carbons (Fsp3) is 0.250. The Balaban J connectivity index is 1.73. The minimum absolute atomic E-state index is 0.694. The average molecular weight is 304 g/mol. The van der Waals surface area contributed by atoms with Gasteiger partial charge in [0.15, 0.2) is 0 Å². The largest absolute Gasteiger partial charge is 0.385 e. The third-order valence-corrected chi connectivity index (χ3v) is 4.83. The summed E-state index contributed by atoms with van der Waals surface area (Å²) in [5, 5.41) is 16.5. The lowest BCUT2D eigenvalue weighted by Gasteiger charge is -2.33. The molecular weight excluding hydrogens is 284 g/mol. The van der Waals surface area contributed by atoms with Gasteiger partial charge in [-0.15, -0.1) is 0 Å². The number of hydrogen-bond donors (Lipinski definition) is 2. The quantitative estimate of drug-likeness (QED) is 0.762. The predicted molar refractivity (Wildman–Crippen MR) is 93.2 cm³/mol. The average Bonchev–Trinajstić information content (AvgIpc) is 2.62. The van der Waals surface area contributed by atoms with Gasteiger partial charge in [-0.2, -0.15) is 0 Å². The summed E-state index contributed by atoms with van der Waals surface area (Å²) < 4.78 is 0. The molecule has 4 rings (SSSR count). The van der Waals surface area contributed by atoms with Gasteiger partial charge in [-0.25, -0.2) is 0 Å². The molecule has 1 saturated heterocycles. The van der Waals surface area contributed by atoms with Crippen molar-refractivity contribution >= 4 is 10.8 Å². The fourth-order valence-electron chi connectivity index (χ4n) is 3.44. The molecule has 2 aromatic carbocycles. The van der Waals surface area contributed by atoms with Crippen LogP contribution in [0.25, 0.3) is 21.9 Å². The molecule has 0 atom stereocenters. The first-order chi connectivity index (χ1) is 11.3. The van der Waals surface area contributed by atoms with Crippen LogP contribution in [0.5, 0.6) is 0 Å². The van der Waals surface area contributed by atoms with Crippen molar-refractivity contribution in [3.63, 3.8) is 0 Å². The van der Waals surface area contributed by atoms with Crippen LogP contribution in [-0.2, 0) is 5.60 Å². The monoisotopic (exact) mass is 304 g/mol. The van der Waals surface area contributed by atoms with E-state index in [2.05, 4.69) is 52.8 Å². The van der Waals surface area contributed by atoms with Crippen molar-refractivity contribution in [2.45, 2.75) is 18.4 Å². The lowest BCUT2D eigenvalue weighted by Crippen LogP contribution is -2.39. The maximum absolute atomic E-state index is 10.8. The molecule has 116 valence electrons. The van der Waals surface area contributed by atoms with Gasteiger partial charge in [0.25, 0.3) is 0 Å². The van der Waals surface area contributed by atoms with E-state index in [0.29, 0.717) is 0 Å². The van der Waals surface area contributed by atoms with Gasteiger partial charge in [-0.1, -0.05) is 48.5 Å². The SMILES string of the molecule is OC1(c2ccc(-c3cncc4ccccc34)cc2)CCNCC1. The van der Waals surface area contributed by atoms with E-state index in [1.165, 1.54) is 5.39 Å². The number of nitrogens with zero attached hydrogens (tertiary/aromatic N) is 1. The molecule has 0 saturated carbocycles. The number of fused-ring (bicyclic) bond motifs is 1. The Morgan fingerprint density at radius 3 is 2.43 bits per heavy atom. The molecule has 0 radical (unpaired) electrons. The second-order valence-corrected chi connectivity index (χ2v) is 6.27. The zero-order valence-electron chi connectivity index (χ0n) is 13.0. The minimum Gasteiger partial charge on any atom is -0.385 e. The molecule has 1 aliphatic rings. The molecule has 3 aromatic rings. The number of nitrogens with one attached hydrogen (secondary N) is 1. The summed E-state index contributed by atoms with van der Waals surface area (Å²) in [5.74, 6) is 0. The van der Waals surface area contributed by atoms with E-state index in [9.17, 15) is 5.11 Å². The molecular formula is C20H20N2O. The highest BCUT2D eigenvalue weighted by Gasteiger charge is 2.30. The Kier molecular flexibility index (Phi) is 3.60. The van der Waals surface area contributed by atoms with Crippen LogP contribution in [0.2, 0.25) is 0 Å². The Morgan fingerprint density at radius 1 is 0.913 bits per heavy atom. The summed E-state index contributed by atoms with van der Waals surface area (Å²) in [6.45, 7) is 1.73. The van der Waals surface area contributed by atoms with Crippen LogP contribution in [0.3, 0.4) is 0 Å². The van der Waals surface area contributed by atoms with Crippen LogP contribution >= 0.6 is 0 Å². The van der Waals surface area contributed by atoms with E-state index < -0.39 is 5.60 Å². The van der Waals surface area contributed by atoms with Gasteiger partial charge in [0, 0.05) is 23.3 Å². The molecule has 3 nitrogen and oxygen atoms in total. The normalized spacial score (nSPS) is 17.3. The Labute approximate surface area is 136 Å². The van der Waals surface area contributed by atoms with Crippen molar-refractivity contribution in [3.8, 4) is 11.1 Å². The van der Waals surface area contributed by atoms with Gasteiger partial charge in [-0.3, -0.25) is 4.98 Å². The van der Waals surface area contributed by atoms with Crippen LogP contribution in [0.4, 0.5) is 0 Å². The maximum Gasteiger partial charge on any atom is 0.0920 e. The Morgan fingerprint density at radius 2 is 1.65 bits per heavy atom. The number of pyridine rings is 1. The smallest absolute Gasteiger partial charge is 0.0920 e. The lowest BCUT2D eigenvalue weighted by molar-refractivity contribution is 0.00595. The second-order valence-electron chi connectivity index (χ2n) is 6.27. The Bertz CT molecular complexity index is 815. The van der Waals surface area contributed by atoms with Gasteiger partial charge in [0.05, 0.1) is 5.60 Å². The van der Waals surface area contributed by atoms with Crippen molar-refractivity contribution in [2.75, 3.05) is 13.1 Å². The fourth-order valence-corrected chi connectivity index (χ4v) is 3.44. The van der Waals surface area contributed by atoms with E-state index in [-0.39, 0.29) is 0 Å². The predicted octanol–water partition coefficient (Wildman–Crippen LogP) is 3.47. The highest BCUT2D eigenvalue weighted by atomic mass is 16.3. The highest BCUT2D eigenvalue weighted by molar-refractivity contribution is 5.95. The third kappa shape index (κ3) is 2.62. The van der Waals surface area contributed by atoms with Gasteiger partial charge in [0.1, 0.15) is 0 Å². The second kappa shape index (κ2) is 5.76.